The fraction of sp³-hybridized carbons (Fsp3) is 0.200. The summed E-state index contributed by atoms with van der Waals surface area (Å²) in [6.45, 7) is 0.325. The number of hydrogen-bond acceptors (Lipinski definition) is 4. The summed E-state index contributed by atoms with van der Waals surface area (Å²) in [6, 6.07) is 18.6. The molecule has 0 bridgehead atoms. The first kappa shape index (κ1) is 17.5. The molecule has 0 spiro atoms. The summed E-state index contributed by atoms with van der Waals surface area (Å²) in [6.07, 6.45) is 4.34. The molecule has 124 valence electrons. The van der Waals surface area contributed by atoms with Gasteiger partial charge in [0, 0.05) is 6.42 Å². The van der Waals surface area contributed by atoms with Crippen molar-refractivity contribution in [3.63, 3.8) is 0 Å². The lowest BCUT2D eigenvalue weighted by Gasteiger charge is -2.03. The molecule has 2 rings (SSSR count). The molecular formula is C20H20O4. The second-order valence-electron chi connectivity index (χ2n) is 5.10. The summed E-state index contributed by atoms with van der Waals surface area (Å²) in [5, 5.41) is 0. The van der Waals surface area contributed by atoms with Crippen molar-refractivity contribution >= 4 is 11.9 Å². The van der Waals surface area contributed by atoms with Crippen molar-refractivity contribution in [3.05, 3.63) is 83.9 Å². The molecule has 2 aromatic rings. The minimum atomic E-state index is -0.375. The average Bonchev–Trinajstić information content (AvgIpc) is 2.64. The molecule has 0 atom stereocenters. The number of esters is 2. The van der Waals surface area contributed by atoms with Crippen molar-refractivity contribution in [1.29, 1.82) is 0 Å². The molecular weight excluding hydrogens is 304 g/mol. The van der Waals surface area contributed by atoms with Crippen molar-refractivity contribution < 1.29 is 19.1 Å². The molecule has 0 saturated carbocycles. The summed E-state index contributed by atoms with van der Waals surface area (Å²) in [5.41, 5.74) is 1.62. The van der Waals surface area contributed by atoms with Gasteiger partial charge in [-0.05, 0) is 36.3 Å². The number of carbonyl (C=O) groups is 2. The van der Waals surface area contributed by atoms with Crippen LogP contribution in [0, 0.1) is 0 Å². The zero-order valence-electron chi connectivity index (χ0n) is 13.4. The Kier molecular flexibility index (Phi) is 7.28. The lowest BCUT2D eigenvalue weighted by molar-refractivity contribution is -0.142. The second-order valence-corrected chi connectivity index (χ2v) is 5.10. The molecule has 2 aromatic carbocycles. The normalized spacial score (nSPS) is 10.5. The van der Waals surface area contributed by atoms with Crippen molar-refractivity contribution in [2.24, 2.45) is 0 Å². The van der Waals surface area contributed by atoms with E-state index >= 15 is 0 Å². The van der Waals surface area contributed by atoms with Crippen LogP contribution in [0.25, 0.3) is 0 Å². The Morgan fingerprint density at radius 1 is 0.792 bits per heavy atom. The monoisotopic (exact) mass is 324 g/mol. The van der Waals surface area contributed by atoms with E-state index in [4.69, 9.17) is 9.47 Å². The third kappa shape index (κ3) is 6.48. The summed E-state index contributed by atoms with van der Waals surface area (Å²) < 4.78 is 10.2. The van der Waals surface area contributed by atoms with Crippen LogP contribution in [-0.2, 0) is 20.7 Å². The van der Waals surface area contributed by atoms with E-state index in [-0.39, 0.29) is 25.2 Å². The molecule has 0 amide bonds. The topological polar surface area (TPSA) is 52.6 Å². The SMILES string of the molecule is O=C(CCc1ccccc1)OC/C=C/COC(=O)c1ccccc1. The molecule has 0 fully saturated rings. The summed E-state index contributed by atoms with van der Waals surface area (Å²) in [7, 11) is 0. The molecule has 0 N–H and O–H groups in total. The fourth-order valence-corrected chi connectivity index (χ4v) is 2.02. The lowest BCUT2D eigenvalue weighted by Crippen LogP contribution is -2.07. The van der Waals surface area contributed by atoms with Gasteiger partial charge in [0.2, 0.25) is 0 Å². The van der Waals surface area contributed by atoms with Gasteiger partial charge < -0.3 is 9.47 Å². The van der Waals surface area contributed by atoms with Gasteiger partial charge in [-0.2, -0.15) is 0 Å². The molecule has 0 aliphatic carbocycles. The van der Waals surface area contributed by atoms with Gasteiger partial charge in [0.05, 0.1) is 5.56 Å². The first-order chi connectivity index (χ1) is 11.8. The number of carbonyl (C=O) groups excluding carboxylic acids is 2. The standard InChI is InChI=1S/C20H20O4/c21-19(14-13-17-9-3-1-4-10-17)23-15-7-8-16-24-20(22)18-11-5-2-6-12-18/h1-12H,13-16H2/b8-7+. The Morgan fingerprint density at radius 2 is 1.38 bits per heavy atom. The van der Waals surface area contributed by atoms with Crippen LogP contribution >= 0.6 is 0 Å². The summed E-state index contributed by atoms with van der Waals surface area (Å²) in [5.74, 6) is -0.620. The van der Waals surface area contributed by atoms with Crippen LogP contribution < -0.4 is 0 Å². The van der Waals surface area contributed by atoms with Gasteiger partial charge >= 0.3 is 11.9 Å². The quantitative estimate of drug-likeness (QED) is 0.550. The van der Waals surface area contributed by atoms with Crippen LogP contribution in [0.15, 0.2) is 72.8 Å². The third-order valence-electron chi connectivity index (χ3n) is 3.29. The number of aryl methyl sites for hydroxylation is 1. The maximum Gasteiger partial charge on any atom is 0.338 e. The molecule has 4 heteroatoms. The molecule has 24 heavy (non-hydrogen) atoms. The maximum absolute atomic E-state index is 11.7. The predicted octanol–water partition coefficient (Wildman–Crippen LogP) is 3.58. The molecule has 0 radical (unpaired) electrons. The third-order valence-corrected chi connectivity index (χ3v) is 3.29. The highest BCUT2D eigenvalue weighted by Crippen LogP contribution is 2.03. The van der Waals surface area contributed by atoms with Crippen LogP contribution in [-0.4, -0.2) is 25.2 Å². The van der Waals surface area contributed by atoms with Crippen LogP contribution in [0.2, 0.25) is 0 Å². The van der Waals surface area contributed by atoms with Gasteiger partial charge in [0.1, 0.15) is 13.2 Å². The molecule has 0 unspecified atom stereocenters. The molecule has 0 aromatic heterocycles. The Bertz CT molecular complexity index is 663. The first-order valence-corrected chi connectivity index (χ1v) is 7.82. The number of rotatable bonds is 8. The fourth-order valence-electron chi connectivity index (χ4n) is 2.02. The number of hydrogen-bond donors (Lipinski definition) is 0. The van der Waals surface area contributed by atoms with Crippen molar-refractivity contribution in [2.75, 3.05) is 13.2 Å². The minimum absolute atomic E-state index is 0.148. The Hall–Kier alpha value is -2.88. The zero-order valence-corrected chi connectivity index (χ0v) is 13.4. The summed E-state index contributed by atoms with van der Waals surface area (Å²) in [4.78, 5) is 23.3. The van der Waals surface area contributed by atoms with Gasteiger partial charge in [-0.3, -0.25) is 4.79 Å². The Labute approximate surface area is 141 Å². The zero-order chi connectivity index (χ0) is 17.0. The van der Waals surface area contributed by atoms with Gasteiger partial charge in [-0.1, -0.05) is 48.5 Å². The van der Waals surface area contributed by atoms with E-state index in [0.29, 0.717) is 18.4 Å². The minimum Gasteiger partial charge on any atom is -0.461 e. The molecule has 0 saturated heterocycles. The van der Waals surface area contributed by atoms with E-state index in [1.165, 1.54) is 0 Å². The lowest BCUT2D eigenvalue weighted by atomic mass is 10.1. The van der Waals surface area contributed by atoms with E-state index < -0.39 is 0 Å². The Morgan fingerprint density at radius 3 is 2.04 bits per heavy atom. The molecule has 0 aliphatic rings. The predicted molar refractivity (Wildman–Crippen MR) is 91.6 cm³/mol. The first-order valence-electron chi connectivity index (χ1n) is 7.82. The smallest absolute Gasteiger partial charge is 0.338 e. The average molecular weight is 324 g/mol. The van der Waals surface area contributed by atoms with E-state index in [9.17, 15) is 9.59 Å². The van der Waals surface area contributed by atoms with Crippen LogP contribution in [0.3, 0.4) is 0 Å². The highest BCUT2D eigenvalue weighted by atomic mass is 16.5. The highest BCUT2D eigenvalue weighted by molar-refractivity contribution is 5.89. The van der Waals surface area contributed by atoms with Crippen LogP contribution in [0.5, 0.6) is 0 Å². The van der Waals surface area contributed by atoms with E-state index in [1.807, 2.05) is 36.4 Å². The molecule has 4 nitrogen and oxygen atoms in total. The number of ether oxygens (including phenoxy) is 2. The van der Waals surface area contributed by atoms with Crippen molar-refractivity contribution in [1.82, 2.24) is 0 Å². The number of benzene rings is 2. The van der Waals surface area contributed by atoms with E-state index in [0.717, 1.165) is 5.56 Å². The van der Waals surface area contributed by atoms with Gasteiger partial charge in [0.15, 0.2) is 0 Å². The highest BCUT2D eigenvalue weighted by Gasteiger charge is 2.04. The second kappa shape index (κ2) is 10.0. The van der Waals surface area contributed by atoms with Crippen LogP contribution in [0.1, 0.15) is 22.3 Å². The van der Waals surface area contributed by atoms with E-state index in [2.05, 4.69) is 0 Å². The van der Waals surface area contributed by atoms with Crippen molar-refractivity contribution in [2.45, 2.75) is 12.8 Å². The molecule has 0 aliphatic heterocycles. The van der Waals surface area contributed by atoms with Crippen LogP contribution in [0.4, 0.5) is 0 Å². The Balaban J connectivity index is 1.57. The van der Waals surface area contributed by atoms with E-state index in [1.54, 1.807) is 36.4 Å². The maximum atomic E-state index is 11.7. The van der Waals surface area contributed by atoms with Crippen molar-refractivity contribution in [3.8, 4) is 0 Å². The summed E-state index contributed by atoms with van der Waals surface area (Å²) >= 11 is 0. The largest absolute Gasteiger partial charge is 0.461 e. The molecule has 0 heterocycles. The van der Waals surface area contributed by atoms with Gasteiger partial charge in [0.25, 0.3) is 0 Å². The van der Waals surface area contributed by atoms with Gasteiger partial charge in [-0.25, -0.2) is 4.79 Å². The van der Waals surface area contributed by atoms with Gasteiger partial charge in [-0.15, -0.1) is 0 Å².